The van der Waals surface area contributed by atoms with E-state index < -0.39 is 0 Å². The zero-order valence-electron chi connectivity index (χ0n) is 12.1. The minimum absolute atomic E-state index is 0.0639. The van der Waals surface area contributed by atoms with Crippen LogP contribution in [-0.4, -0.2) is 42.1 Å². The molecule has 112 valence electrons. The van der Waals surface area contributed by atoms with Gasteiger partial charge in [0.15, 0.2) is 5.96 Å². The first-order valence-corrected chi connectivity index (χ1v) is 8.60. The quantitative estimate of drug-likeness (QED) is 0.848. The average Bonchev–Trinajstić information content (AvgIpc) is 3.03. The van der Waals surface area contributed by atoms with E-state index in [1.54, 1.807) is 0 Å². The zero-order valence-corrected chi connectivity index (χ0v) is 13.7. The van der Waals surface area contributed by atoms with E-state index in [4.69, 9.17) is 5.73 Å². The number of halogens is 1. The Labute approximate surface area is 134 Å². The van der Waals surface area contributed by atoms with Crippen molar-refractivity contribution in [3.05, 3.63) is 28.7 Å². The molecule has 4 nitrogen and oxygen atoms in total. The molecule has 1 aromatic carbocycles. The van der Waals surface area contributed by atoms with Crippen molar-refractivity contribution >= 4 is 27.6 Å². The highest BCUT2D eigenvalue weighted by atomic mass is 79.9. The number of piperidine rings is 1. The molecule has 2 saturated heterocycles. The van der Waals surface area contributed by atoms with Crippen LogP contribution in [0.3, 0.4) is 0 Å². The lowest BCUT2D eigenvalue weighted by atomic mass is 9.84. The number of benzene rings is 1. The van der Waals surface area contributed by atoms with Gasteiger partial charge in [0.05, 0.1) is 17.8 Å². The lowest BCUT2D eigenvalue weighted by molar-refractivity contribution is 0.163. The van der Waals surface area contributed by atoms with Gasteiger partial charge in [0.2, 0.25) is 0 Å². The molecule has 3 heterocycles. The van der Waals surface area contributed by atoms with Crippen LogP contribution < -0.4 is 10.6 Å². The van der Waals surface area contributed by atoms with Gasteiger partial charge in [-0.2, -0.15) is 0 Å². The summed E-state index contributed by atoms with van der Waals surface area (Å²) in [6.07, 6.45) is 5.08. The number of hydrogen-bond acceptors (Lipinski definition) is 4. The Balaban J connectivity index is 1.77. The Bertz CT molecular complexity index is 587. The molecule has 4 rings (SSSR count). The molecule has 0 bridgehead atoms. The maximum Gasteiger partial charge on any atom is 0.196 e. The van der Waals surface area contributed by atoms with Crippen molar-refractivity contribution in [2.24, 2.45) is 10.7 Å². The van der Waals surface area contributed by atoms with E-state index in [1.165, 1.54) is 32.4 Å². The molecule has 1 spiro atoms. The summed E-state index contributed by atoms with van der Waals surface area (Å²) in [6, 6.07) is 8.94. The van der Waals surface area contributed by atoms with Gasteiger partial charge in [-0.1, -0.05) is 18.6 Å². The van der Waals surface area contributed by atoms with Gasteiger partial charge >= 0.3 is 0 Å². The summed E-state index contributed by atoms with van der Waals surface area (Å²) in [4.78, 5) is 9.60. The number of guanidine groups is 1. The molecule has 0 aromatic heterocycles. The Morgan fingerprint density at radius 3 is 2.95 bits per heavy atom. The number of hydrogen-bond donors (Lipinski definition) is 1. The first-order valence-electron chi connectivity index (χ1n) is 7.81. The van der Waals surface area contributed by atoms with Crippen molar-refractivity contribution < 1.29 is 0 Å². The molecule has 2 atom stereocenters. The van der Waals surface area contributed by atoms with Crippen LogP contribution in [0.4, 0.5) is 5.69 Å². The highest BCUT2D eigenvalue weighted by Crippen LogP contribution is 2.45. The average molecular weight is 349 g/mol. The Kier molecular flexibility index (Phi) is 3.23. The molecule has 3 aliphatic heterocycles. The maximum absolute atomic E-state index is 6.29. The maximum atomic E-state index is 6.29. The molecule has 2 N–H and O–H groups in total. The number of nitrogens with zero attached hydrogens (tertiary/aromatic N) is 3. The third kappa shape index (κ3) is 1.94. The van der Waals surface area contributed by atoms with Crippen molar-refractivity contribution in [2.45, 2.75) is 37.3 Å². The zero-order chi connectivity index (χ0) is 14.4. The molecule has 0 amide bonds. The number of fused-ring (bicyclic) bond motifs is 2. The molecular weight excluding hydrogens is 328 g/mol. The topological polar surface area (TPSA) is 44.9 Å². The van der Waals surface area contributed by atoms with Gasteiger partial charge in [0, 0.05) is 17.1 Å². The van der Waals surface area contributed by atoms with Crippen molar-refractivity contribution in [3.63, 3.8) is 0 Å². The van der Waals surface area contributed by atoms with Crippen LogP contribution in [0, 0.1) is 0 Å². The van der Waals surface area contributed by atoms with Crippen LogP contribution in [0.1, 0.15) is 25.7 Å². The first kappa shape index (κ1) is 13.6. The molecule has 2 unspecified atom stereocenters. The molecule has 1 aromatic rings. The number of anilines is 1. The Morgan fingerprint density at radius 2 is 2.10 bits per heavy atom. The van der Waals surface area contributed by atoms with E-state index in [0.29, 0.717) is 12.0 Å². The minimum atomic E-state index is 0.0639. The van der Waals surface area contributed by atoms with Crippen LogP contribution in [0.5, 0.6) is 0 Å². The standard InChI is InChI=1S/C16H21BrN4/c17-12-5-1-2-6-13(12)21-15(18)19-11-16(21)8-10-20-9-4-3-7-14(16)20/h1-2,5-6,14H,3-4,7-11H2,(H2,18,19). The lowest BCUT2D eigenvalue weighted by Crippen LogP contribution is -2.60. The number of para-hydroxylation sites is 1. The summed E-state index contributed by atoms with van der Waals surface area (Å²) in [6.45, 7) is 3.24. The van der Waals surface area contributed by atoms with Crippen LogP contribution in [0.2, 0.25) is 0 Å². The van der Waals surface area contributed by atoms with Crippen molar-refractivity contribution in [3.8, 4) is 0 Å². The predicted octanol–water partition coefficient (Wildman–Crippen LogP) is 2.58. The van der Waals surface area contributed by atoms with Gasteiger partial charge < -0.3 is 10.6 Å². The van der Waals surface area contributed by atoms with Crippen LogP contribution in [-0.2, 0) is 0 Å². The van der Waals surface area contributed by atoms with Gasteiger partial charge in [0.1, 0.15) is 0 Å². The molecule has 21 heavy (non-hydrogen) atoms. The van der Waals surface area contributed by atoms with Gasteiger partial charge in [-0.3, -0.25) is 9.89 Å². The van der Waals surface area contributed by atoms with Gasteiger partial charge in [0.25, 0.3) is 0 Å². The highest BCUT2D eigenvalue weighted by molar-refractivity contribution is 9.10. The van der Waals surface area contributed by atoms with E-state index in [2.05, 4.69) is 48.9 Å². The fraction of sp³-hybridized carbons (Fsp3) is 0.562. The number of aliphatic imine (C=N–C) groups is 1. The van der Waals surface area contributed by atoms with E-state index in [0.717, 1.165) is 23.1 Å². The van der Waals surface area contributed by atoms with Crippen LogP contribution >= 0.6 is 15.9 Å². The largest absolute Gasteiger partial charge is 0.369 e. The minimum Gasteiger partial charge on any atom is -0.369 e. The SMILES string of the molecule is NC1=NCC2(CCN3CCCCC32)N1c1ccccc1Br. The summed E-state index contributed by atoms with van der Waals surface area (Å²) in [7, 11) is 0. The summed E-state index contributed by atoms with van der Waals surface area (Å²) in [5.74, 6) is 0.675. The summed E-state index contributed by atoms with van der Waals surface area (Å²) < 4.78 is 1.10. The smallest absolute Gasteiger partial charge is 0.196 e. The van der Waals surface area contributed by atoms with Crippen LogP contribution in [0.15, 0.2) is 33.7 Å². The molecular formula is C16H21BrN4. The monoisotopic (exact) mass is 348 g/mol. The second-order valence-electron chi connectivity index (χ2n) is 6.36. The summed E-state index contributed by atoms with van der Waals surface area (Å²) in [5.41, 5.74) is 7.51. The normalized spacial score (nSPS) is 32.5. The predicted molar refractivity (Wildman–Crippen MR) is 89.7 cm³/mol. The van der Waals surface area contributed by atoms with Gasteiger partial charge in [-0.15, -0.1) is 0 Å². The third-order valence-electron chi connectivity index (χ3n) is 5.35. The molecule has 0 radical (unpaired) electrons. The summed E-state index contributed by atoms with van der Waals surface area (Å²) in [5, 5.41) is 0. The molecule has 0 aliphatic carbocycles. The third-order valence-corrected chi connectivity index (χ3v) is 6.02. The lowest BCUT2D eigenvalue weighted by Gasteiger charge is -2.44. The fourth-order valence-corrected chi connectivity index (χ4v) is 4.86. The van der Waals surface area contributed by atoms with Crippen molar-refractivity contribution in [2.75, 3.05) is 24.5 Å². The fourth-order valence-electron chi connectivity index (χ4n) is 4.40. The van der Waals surface area contributed by atoms with Crippen molar-refractivity contribution in [1.82, 2.24) is 4.90 Å². The van der Waals surface area contributed by atoms with E-state index in [1.807, 2.05) is 6.07 Å². The van der Waals surface area contributed by atoms with Crippen molar-refractivity contribution in [1.29, 1.82) is 0 Å². The Hall–Kier alpha value is -1.07. The Morgan fingerprint density at radius 1 is 1.24 bits per heavy atom. The highest BCUT2D eigenvalue weighted by Gasteiger charge is 2.55. The van der Waals surface area contributed by atoms with E-state index in [9.17, 15) is 0 Å². The number of nitrogens with two attached hydrogens (primary N) is 1. The van der Waals surface area contributed by atoms with Gasteiger partial charge in [-0.05, 0) is 53.9 Å². The first-order chi connectivity index (χ1) is 10.2. The second-order valence-corrected chi connectivity index (χ2v) is 7.22. The second kappa shape index (κ2) is 4.99. The molecule has 3 aliphatic rings. The van der Waals surface area contributed by atoms with Crippen LogP contribution in [0.25, 0.3) is 0 Å². The van der Waals surface area contributed by atoms with E-state index >= 15 is 0 Å². The van der Waals surface area contributed by atoms with Gasteiger partial charge in [-0.25, -0.2) is 0 Å². The van der Waals surface area contributed by atoms with E-state index in [-0.39, 0.29) is 5.54 Å². The number of rotatable bonds is 1. The molecule has 5 heteroatoms. The summed E-state index contributed by atoms with van der Waals surface area (Å²) >= 11 is 3.69. The molecule has 2 fully saturated rings. The molecule has 0 saturated carbocycles.